The number of rotatable bonds is 7. The Bertz CT molecular complexity index is 928. The molecule has 9 atom stereocenters. The monoisotopic (exact) mass is 530 g/mol. The molecule has 0 unspecified atom stereocenters. The Balaban J connectivity index is 1.97. The summed E-state index contributed by atoms with van der Waals surface area (Å²) in [7, 11) is 4.23. The number of methoxy groups -OCH3 is 3. The fourth-order valence-electron chi connectivity index (χ4n) is 4.82. The van der Waals surface area contributed by atoms with Crippen LogP contribution in [0.5, 0.6) is 17.2 Å². The second-order valence-corrected chi connectivity index (χ2v) is 10.5. The molecular weight excluding hydrogens is 492 g/mol. The first-order valence-electron chi connectivity index (χ1n) is 12.0. The summed E-state index contributed by atoms with van der Waals surface area (Å²) in [5.41, 5.74) is 1.47. The second-order valence-electron chi connectivity index (χ2n) is 9.35. The molecule has 10 nitrogen and oxygen atoms in total. The fraction of sp³-hybridized carbons (Fsp3) is 0.720. The van der Waals surface area contributed by atoms with Crippen molar-refractivity contribution in [3.8, 4) is 17.2 Å². The van der Waals surface area contributed by atoms with Crippen LogP contribution in [0.3, 0.4) is 0 Å². The Morgan fingerprint density at radius 2 is 1.53 bits per heavy atom. The van der Waals surface area contributed by atoms with E-state index in [-0.39, 0.29) is 34.6 Å². The fourth-order valence-corrected chi connectivity index (χ4v) is 5.95. The van der Waals surface area contributed by atoms with Gasteiger partial charge in [-0.1, -0.05) is 11.8 Å². The van der Waals surface area contributed by atoms with Gasteiger partial charge in [0.15, 0.2) is 11.5 Å². The predicted octanol–water partition coefficient (Wildman–Crippen LogP) is 1.98. The Kier molecular flexibility index (Phi) is 9.53. The lowest BCUT2D eigenvalue weighted by Gasteiger charge is -2.41. The van der Waals surface area contributed by atoms with Gasteiger partial charge in [-0.2, -0.15) is 0 Å². The molecule has 36 heavy (non-hydrogen) atoms. The van der Waals surface area contributed by atoms with Gasteiger partial charge in [0.1, 0.15) is 18.3 Å². The zero-order valence-corrected chi connectivity index (χ0v) is 22.8. The molecule has 11 heteroatoms. The molecule has 0 spiro atoms. The highest BCUT2D eigenvalue weighted by atomic mass is 32.2. The van der Waals surface area contributed by atoms with Crippen LogP contribution in [0.15, 0.2) is 0 Å². The zero-order chi connectivity index (χ0) is 26.9. The molecule has 2 aliphatic heterocycles. The molecule has 0 saturated carbocycles. The maximum absolute atomic E-state index is 13.5. The van der Waals surface area contributed by atoms with Crippen LogP contribution in [-0.4, -0.2) is 96.0 Å². The molecule has 3 N–H and O–H groups in total. The summed E-state index contributed by atoms with van der Waals surface area (Å²) in [6.07, 6.45) is -5.72. The molecule has 0 bridgehead atoms. The van der Waals surface area contributed by atoms with Crippen molar-refractivity contribution >= 4 is 16.9 Å². The molecule has 2 fully saturated rings. The largest absolute Gasteiger partial charge is 0.492 e. The minimum atomic E-state index is -1.29. The van der Waals surface area contributed by atoms with Gasteiger partial charge in [-0.3, -0.25) is 4.79 Å². The van der Waals surface area contributed by atoms with Crippen molar-refractivity contribution in [3.05, 3.63) is 16.7 Å². The van der Waals surface area contributed by atoms with Gasteiger partial charge in [0.05, 0.1) is 49.4 Å². The van der Waals surface area contributed by atoms with Crippen LogP contribution in [0.2, 0.25) is 0 Å². The van der Waals surface area contributed by atoms with E-state index in [2.05, 4.69) is 0 Å². The normalized spacial score (nSPS) is 34.8. The number of aliphatic hydroxyl groups is 3. The molecule has 0 radical (unpaired) electrons. The lowest BCUT2D eigenvalue weighted by molar-refractivity contribution is -0.273. The third-order valence-electron chi connectivity index (χ3n) is 6.92. The maximum atomic E-state index is 13.5. The number of carbonyl (C=O) groups excluding carboxylic acids is 1. The van der Waals surface area contributed by atoms with E-state index >= 15 is 0 Å². The van der Waals surface area contributed by atoms with Crippen molar-refractivity contribution in [2.45, 2.75) is 95.3 Å². The van der Waals surface area contributed by atoms with Crippen LogP contribution >= 0.6 is 11.8 Å². The van der Waals surface area contributed by atoms with E-state index in [9.17, 15) is 20.1 Å². The molecule has 2 aliphatic rings. The van der Waals surface area contributed by atoms with Crippen LogP contribution in [0, 0.1) is 13.8 Å². The average molecular weight is 531 g/mol. The van der Waals surface area contributed by atoms with E-state index < -0.39 is 42.1 Å². The summed E-state index contributed by atoms with van der Waals surface area (Å²) in [6, 6.07) is 0. The standard InChI is InChI=1S/C25H38O10S/c1-10-9-15(26)23(14(5)33-10)36-24(29)16-11(2)12(3)19(22(32-8)20(16)30-6)35-25-18(28)21(31-7)17(27)13(4)34-25/h10,13-15,17-18,21,23,25-28H,9H2,1-8H3/t10-,13-,14+,15-,17-,18+,21+,23+,25-/m0/s1. The molecule has 1 aromatic rings. The molecule has 2 heterocycles. The number of hydrogen-bond acceptors (Lipinski definition) is 11. The quantitative estimate of drug-likeness (QED) is 0.478. The van der Waals surface area contributed by atoms with E-state index in [0.717, 1.165) is 11.8 Å². The van der Waals surface area contributed by atoms with Crippen molar-refractivity contribution in [2.75, 3.05) is 21.3 Å². The van der Waals surface area contributed by atoms with Crippen molar-refractivity contribution in [2.24, 2.45) is 0 Å². The van der Waals surface area contributed by atoms with Crippen LogP contribution in [0.1, 0.15) is 48.7 Å². The molecule has 1 aromatic carbocycles. The third kappa shape index (κ3) is 5.47. The highest BCUT2D eigenvalue weighted by Gasteiger charge is 2.45. The average Bonchev–Trinajstić information content (AvgIpc) is 2.82. The van der Waals surface area contributed by atoms with Gasteiger partial charge in [0.2, 0.25) is 17.2 Å². The van der Waals surface area contributed by atoms with Crippen LogP contribution in [-0.2, 0) is 14.2 Å². The highest BCUT2D eigenvalue weighted by Crippen LogP contribution is 2.48. The minimum Gasteiger partial charge on any atom is -0.492 e. The van der Waals surface area contributed by atoms with Crippen molar-refractivity contribution in [3.63, 3.8) is 0 Å². The highest BCUT2D eigenvalue weighted by molar-refractivity contribution is 8.14. The summed E-state index contributed by atoms with van der Waals surface area (Å²) in [6.45, 7) is 8.92. The minimum absolute atomic E-state index is 0.0871. The molecular formula is C25H38O10S. The number of hydrogen-bond donors (Lipinski definition) is 3. The number of carbonyl (C=O) groups is 1. The number of thioether (sulfide) groups is 1. The Morgan fingerprint density at radius 1 is 0.889 bits per heavy atom. The Morgan fingerprint density at radius 3 is 2.08 bits per heavy atom. The van der Waals surface area contributed by atoms with Gasteiger partial charge in [-0.25, -0.2) is 0 Å². The molecule has 0 amide bonds. The van der Waals surface area contributed by atoms with Gasteiger partial charge in [0.25, 0.3) is 0 Å². The summed E-state index contributed by atoms with van der Waals surface area (Å²) in [4.78, 5) is 13.5. The van der Waals surface area contributed by atoms with E-state index in [4.69, 9.17) is 28.4 Å². The summed E-state index contributed by atoms with van der Waals surface area (Å²) in [5, 5.41) is 30.9. The zero-order valence-electron chi connectivity index (χ0n) is 22.0. The maximum Gasteiger partial charge on any atom is 0.229 e. The second kappa shape index (κ2) is 11.8. The summed E-state index contributed by atoms with van der Waals surface area (Å²) < 4.78 is 34.1. The molecule has 3 rings (SSSR count). The Labute approximate surface area is 216 Å². The van der Waals surface area contributed by atoms with Crippen LogP contribution < -0.4 is 14.2 Å². The first-order chi connectivity index (χ1) is 17.0. The molecule has 2 saturated heterocycles. The van der Waals surface area contributed by atoms with Gasteiger partial charge in [0, 0.05) is 13.5 Å². The predicted molar refractivity (Wildman–Crippen MR) is 133 cm³/mol. The first kappa shape index (κ1) is 29.0. The molecule has 0 aromatic heterocycles. The van der Waals surface area contributed by atoms with Gasteiger partial charge in [-0.15, -0.1) is 0 Å². The SMILES string of the molecule is COc1c(O[C@@H]2O[C@@H](C)[C@H](O)[C@@H](OC)[C@H]2O)c(C)c(C)c(C(=O)S[C@H]2[C@@H](O)C[C@H](C)O[C@@H]2C)c1OC. The van der Waals surface area contributed by atoms with Gasteiger partial charge in [-0.05, 0) is 45.7 Å². The first-order valence-corrected chi connectivity index (χ1v) is 12.8. The lowest BCUT2D eigenvalue weighted by atomic mass is 9.98. The number of aliphatic hydroxyl groups excluding tert-OH is 3. The van der Waals surface area contributed by atoms with E-state index in [1.54, 1.807) is 20.8 Å². The Hall–Kier alpha value is -1.60. The number of benzene rings is 1. The van der Waals surface area contributed by atoms with E-state index in [0.29, 0.717) is 23.1 Å². The van der Waals surface area contributed by atoms with Crippen molar-refractivity contribution in [1.82, 2.24) is 0 Å². The van der Waals surface area contributed by atoms with Crippen LogP contribution in [0.4, 0.5) is 0 Å². The lowest BCUT2D eigenvalue weighted by Crippen LogP contribution is -2.59. The number of ether oxygens (including phenoxy) is 6. The van der Waals surface area contributed by atoms with Gasteiger partial charge < -0.3 is 43.7 Å². The van der Waals surface area contributed by atoms with E-state index in [1.807, 2.05) is 13.8 Å². The van der Waals surface area contributed by atoms with Crippen molar-refractivity contribution in [1.29, 1.82) is 0 Å². The smallest absolute Gasteiger partial charge is 0.229 e. The topological polar surface area (TPSA) is 133 Å². The molecule has 204 valence electrons. The van der Waals surface area contributed by atoms with Crippen molar-refractivity contribution < 1.29 is 48.5 Å². The van der Waals surface area contributed by atoms with Gasteiger partial charge >= 0.3 is 0 Å². The van der Waals surface area contributed by atoms with Crippen LogP contribution in [0.25, 0.3) is 0 Å². The van der Waals surface area contributed by atoms with E-state index in [1.165, 1.54) is 21.3 Å². The summed E-state index contributed by atoms with van der Waals surface area (Å²) >= 11 is 1.01. The third-order valence-corrected chi connectivity index (χ3v) is 8.31. The summed E-state index contributed by atoms with van der Waals surface area (Å²) in [5.74, 6) is 0.566. The molecule has 0 aliphatic carbocycles.